The fraction of sp³-hybridized carbons (Fsp3) is 0.438. The van der Waals surface area contributed by atoms with Crippen molar-refractivity contribution < 1.29 is 9.26 Å². The van der Waals surface area contributed by atoms with E-state index in [0.717, 1.165) is 30.0 Å². The van der Waals surface area contributed by atoms with Crippen LogP contribution in [0.25, 0.3) is 11.3 Å². The van der Waals surface area contributed by atoms with Crippen molar-refractivity contribution in [2.75, 3.05) is 20.3 Å². The molecule has 0 atom stereocenters. The number of nitrogens with zero attached hydrogens (tertiary/aromatic N) is 1. The maximum absolute atomic E-state index is 5.49. The molecule has 1 N–H and O–H groups in total. The highest BCUT2D eigenvalue weighted by Crippen LogP contribution is 2.30. The normalized spacial score (nSPS) is 11.0. The second-order valence-corrected chi connectivity index (χ2v) is 5.12. The minimum atomic E-state index is 0.698. The minimum absolute atomic E-state index is 0.698. The number of benzene rings is 1. The monoisotopic (exact) mass is 274 g/mol. The van der Waals surface area contributed by atoms with Crippen LogP contribution in [0.4, 0.5) is 0 Å². The summed E-state index contributed by atoms with van der Waals surface area (Å²) in [5.74, 6) is 0.866. The molecule has 0 bridgehead atoms. The number of aromatic nitrogens is 1. The molecule has 0 aliphatic carbocycles. The molecule has 2 rings (SSSR count). The number of hydrogen-bond acceptors (Lipinski definition) is 4. The van der Waals surface area contributed by atoms with E-state index >= 15 is 0 Å². The molecule has 0 spiro atoms. The van der Waals surface area contributed by atoms with Crippen LogP contribution in [0.2, 0.25) is 0 Å². The molecule has 1 aromatic carbocycles. The second kappa shape index (κ2) is 6.68. The molecule has 0 aliphatic rings. The molecule has 4 nitrogen and oxygen atoms in total. The zero-order valence-corrected chi connectivity index (χ0v) is 12.6. The van der Waals surface area contributed by atoms with Crippen molar-refractivity contribution in [2.45, 2.75) is 27.3 Å². The Morgan fingerprint density at radius 2 is 1.90 bits per heavy atom. The predicted octanol–water partition coefficient (Wildman–Crippen LogP) is 3.00. The lowest BCUT2D eigenvalue weighted by Gasteiger charge is -2.10. The standard InChI is InChI=1S/C16H22N2O2/c1-11-7-12(2)15(13(3)8-11)16-14(10-18-20-16)9-17-5-6-19-4/h7-8,10,17H,5-6,9H2,1-4H3. The largest absolute Gasteiger partial charge is 0.383 e. The molecular formula is C16H22N2O2. The summed E-state index contributed by atoms with van der Waals surface area (Å²) in [5, 5.41) is 7.28. The number of ether oxygens (including phenoxy) is 1. The molecular weight excluding hydrogens is 252 g/mol. The van der Waals surface area contributed by atoms with Gasteiger partial charge in [-0.1, -0.05) is 22.9 Å². The van der Waals surface area contributed by atoms with Crippen molar-refractivity contribution in [3.63, 3.8) is 0 Å². The third kappa shape index (κ3) is 3.26. The predicted molar refractivity (Wildman–Crippen MR) is 79.7 cm³/mol. The van der Waals surface area contributed by atoms with E-state index in [4.69, 9.17) is 9.26 Å². The van der Waals surface area contributed by atoms with Gasteiger partial charge in [0.25, 0.3) is 0 Å². The van der Waals surface area contributed by atoms with Gasteiger partial charge in [0.05, 0.1) is 12.8 Å². The van der Waals surface area contributed by atoms with Crippen molar-refractivity contribution in [2.24, 2.45) is 0 Å². The van der Waals surface area contributed by atoms with Crippen LogP contribution in [0.3, 0.4) is 0 Å². The van der Waals surface area contributed by atoms with Gasteiger partial charge in [-0.15, -0.1) is 0 Å². The Morgan fingerprint density at radius 1 is 1.20 bits per heavy atom. The first kappa shape index (κ1) is 14.8. The molecule has 0 unspecified atom stereocenters. The highest BCUT2D eigenvalue weighted by molar-refractivity contribution is 5.69. The van der Waals surface area contributed by atoms with E-state index in [9.17, 15) is 0 Å². The Morgan fingerprint density at radius 3 is 2.55 bits per heavy atom. The van der Waals surface area contributed by atoms with E-state index in [-0.39, 0.29) is 0 Å². The highest BCUT2D eigenvalue weighted by atomic mass is 16.5. The molecule has 1 heterocycles. The SMILES string of the molecule is COCCNCc1cnoc1-c1c(C)cc(C)cc1C. The number of aryl methyl sites for hydroxylation is 3. The first-order valence-electron chi connectivity index (χ1n) is 6.85. The van der Waals surface area contributed by atoms with Gasteiger partial charge in [-0.05, 0) is 31.9 Å². The molecule has 0 saturated heterocycles. The number of hydrogen-bond donors (Lipinski definition) is 1. The average Bonchev–Trinajstić information content (AvgIpc) is 2.82. The molecule has 108 valence electrons. The van der Waals surface area contributed by atoms with Crippen molar-refractivity contribution in [3.05, 3.63) is 40.6 Å². The Balaban J connectivity index is 2.24. The quantitative estimate of drug-likeness (QED) is 0.823. The van der Waals surface area contributed by atoms with Crippen LogP contribution in [-0.2, 0) is 11.3 Å². The van der Waals surface area contributed by atoms with Gasteiger partial charge in [0.1, 0.15) is 0 Å². The van der Waals surface area contributed by atoms with Gasteiger partial charge < -0.3 is 14.6 Å². The zero-order valence-electron chi connectivity index (χ0n) is 12.6. The molecule has 0 aliphatic heterocycles. The molecule has 0 saturated carbocycles. The Bertz CT molecular complexity index is 553. The summed E-state index contributed by atoms with van der Waals surface area (Å²) in [6.45, 7) is 8.57. The maximum atomic E-state index is 5.49. The lowest BCUT2D eigenvalue weighted by atomic mass is 9.96. The lowest BCUT2D eigenvalue weighted by Crippen LogP contribution is -2.18. The summed E-state index contributed by atoms with van der Waals surface area (Å²) in [5.41, 5.74) is 5.94. The third-order valence-electron chi connectivity index (χ3n) is 3.35. The van der Waals surface area contributed by atoms with Crippen LogP contribution >= 0.6 is 0 Å². The van der Waals surface area contributed by atoms with E-state index in [1.54, 1.807) is 13.3 Å². The smallest absolute Gasteiger partial charge is 0.171 e. The summed E-state index contributed by atoms with van der Waals surface area (Å²) in [7, 11) is 1.70. The van der Waals surface area contributed by atoms with Gasteiger partial charge in [-0.25, -0.2) is 0 Å². The van der Waals surface area contributed by atoms with Crippen LogP contribution in [-0.4, -0.2) is 25.4 Å². The van der Waals surface area contributed by atoms with E-state index in [0.29, 0.717) is 6.61 Å². The van der Waals surface area contributed by atoms with E-state index in [1.807, 2.05) is 0 Å². The molecule has 0 fully saturated rings. The van der Waals surface area contributed by atoms with Crippen LogP contribution in [0.1, 0.15) is 22.3 Å². The Labute approximate surface area is 120 Å². The molecule has 1 aromatic heterocycles. The van der Waals surface area contributed by atoms with Gasteiger partial charge in [0.15, 0.2) is 5.76 Å². The number of rotatable bonds is 6. The van der Waals surface area contributed by atoms with Crippen molar-refractivity contribution >= 4 is 0 Å². The van der Waals surface area contributed by atoms with Gasteiger partial charge in [-0.2, -0.15) is 0 Å². The van der Waals surface area contributed by atoms with Gasteiger partial charge >= 0.3 is 0 Å². The van der Waals surface area contributed by atoms with Gasteiger partial charge in [0, 0.05) is 31.3 Å². The Hall–Kier alpha value is -1.65. The highest BCUT2D eigenvalue weighted by Gasteiger charge is 2.15. The molecule has 20 heavy (non-hydrogen) atoms. The second-order valence-electron chi connectivity index (χ2n) is 5.12. The van der Waals surface area contributed by atoms with E-state index in [2.05, 4.69) is 43.4 Å². The van der Waals surface area contributed by atoms with Crippen LogP contribution in [0.5, 0.6) is 0 Å². The summed E-state index contributed by atoms with van der Waals surface area (Å²) < 4.78 is 10.5. The molecule has 0 radical (unpaired) electrons. The van der Waals surface area contributed by atoms with Crippen LogP contribution < -0.4 is 5.32 Å². The molecule has 2 aromatic rings. The van der Waals surface area contributed by atoms with E-state index in [1.165, 1.54) is 16.7 Å². The van der Waals surface area contributed by atoms with Gasteiger partial charge in [-0.3, -0.25) is 0 Å². The Kier molecular flexibility index (Phi) is 4.93. The van der Waals surface area contributed by atoms with Crippen molar-refractivity contribution in [3.8, 4) is 11.3 Å². The van der Waals surface area contributed by atoms with Crippen LogP contribution in [0.15, 0.2) is 22.9 Å². The summed E-state index contributed by atoms with van der Waals surface area (Å²) in [4.78, 5) is 0. The topological polar surface area (TPSA) is 47.3 Å². The lowest BCUT2D eigenvalue weighted by molar-refractivity contribution is 0.199. The maximum Gasteiger partial charge on any atom is 0.171 e. The molecule has 4 heteroatoms. The van der Waals surface area contributed by atoms with Crippen molar-refractivity contribution in [1.29, 1.82) is 0 Å². The van der Waals surface area contributed by atoms with E-state index < -0.39 is 0 Å². The van der Waals surface area contributed by atoms with Crippen molar-refractivity contribution in [1.82, 2.24) is 10.5 Å². The summed E-state index contributed by atoms with van der Waals surface area (Å²) in [6, 6.07) is 4.35. The fourth-order valence-corrected chi connectivity index (χ4v) is 2.53. The fourth-order valence-electron chi connectivity index (χ4n) is 2.53. The zero-order chi connectivity index (χ0) is 14.5. The van der Waals surface area contributed by atoms with Crippen LogP contribution in [0, 0.1) is 20.8 Å². The first-order valence-corrected chi connectivity index (χ1v) is 6.85. The third-order valence-corrected chi connectivity index (χ3v) is 3.35. The minimum Gasteiger partial charge on any atom is -0.383 e. The summed E-state index contributed by atoms with van der Waals surface area (Å²) >= 11 is 0. The van der Waals surface area contributed by atoms with Gasteiger partial charge in [0.2, 0.25) is 0 Å². The first-order chi connectivity index (χ1) is 9.63. The average molecular weight is 274 g/mol. The number of methoxy groups -OCH3 is 1. The molecule has 0 amide bonds. The summed E-state index contributed by atoms with van der Waals surface area (Å²) in [6.07, 6.45) is 1.79. The number of nitrogens with one attached hydrogen (secondary N) is 1.